The molecule has 2 fully saturated rings. The zero-order valence-electron chi connectivity index (χ0n) is 18.9. The van der Waals surface area contributed by atoms with Gasteiger partial charge in [0.1, 0.15) is 11.9 Å². The molecule has 0 spiro atoms. The highest BCUT2D eigenvalue weighted by Crippen LogP contribution is 2.24. The van der Waals surface area contributed by atoms with Crippen LogP contribution in [0.2, 0.25) is 0 Å². The Hall–Kier alpha value is -1.06. The number of hydrogen-bond donors (Lipinski definition) is 2. The molecule has 2 aliphatic rings. The highest BCUT2D eigenvalue weighted by Gasteiger charge is 2.24. The maximum absolute atomic E-state index is 6.22. The number of aryl methyl sites for hydroxylation is 1. The summed E-state index contributed by atoms with van der Waals surface area (Å²) in [5.74, 6) is 2.40. The lowest BCUT2D eigenvalue weighted by Gasteiger charge is -2.31. The van der Waals surface area contributed by atoms with Gasteiger partial charge in [-0.25, -0.2) is 0 Å². The molecule has 2 N–H and O–H groups in total. The molecule has 2 heterocycles. The number of rotatable bonds is 8. The Morgan fingerprint density at radius 2 is 2.03 bits per heavy atom. The maximum Gasteiger partial charge on any atom is 0.191 e. The van der Waals surface area contributed by atoms with Gasteiger partial charge in [0.25, 0.3) is 0 Å². The summed E-state index contributed by atoms with van der Waals surface area (Å²) < 4.78 is 11.7. The highest BCUT2D eigenvalue weighted by atomic mass is 127. The fourth-order valence-corrected chi connectivity index (χ4v) is 4.16. The fraction of sp³-hybridized carbons (Fsp3) is 0.696. The van der Waals surface area contributed by atoms with Crippen molar-refractivity contribution in [3.63, 3.8) is 0 Å². The molecule has 30 heavy (non-hydrogen) atoms. The van der Waals surface area contributed by atoms with Crippen molar-refractivity contribution in [2.24, 2.45) is 10.9 Å². The zero-order chi connectivity index (χ0) is 20.6. The van der Waals surface area contributed by atoms with Crippen LogP contribution < -0.4 is 15.4 Å². The third kappa shape index (κ3) is 7.27. The number of likely N-dealkylation sites (tertiary alicyclic amines) is 1. The van der Waals surface area contributed by atoms with Gasteiger partial charge in [-0.1, -0.05) is 26.0 Å². The van der Waals surface area contributed by atoms with Crippen molar-refractivity contribution >= 4 is 29.9 Å². The van der Waals surface area contributed by atoms with Crippen molar-refractivity contribution < 1.29 is 9.47 Å². The second kappa shape index (κ2) is 12.7. The molecule has 2 saturated heterocycles. The van der Waals surface area contributed by atoms with E-state index in [0.29, 0.717) is 25.1 Å². The average Bonchev–Trinajstić information content (AvgIpc) is 3.40. The summed E-state index contributed by atoms with van der Waals surface area (Å²) in [7, 11) is 1.83. The Bertz CT molecular complexity index is 671. The van der Waals surface area contributed by atoms with Gasteiger partial charge in [-0.2, -0.15) is 0 Å². The first kappa shape index (κ1) is 25.2. The molecule has 2 atom stereocenters. The number of nitrogens with one attached hydrogen (secondary N) is 2. The first-order valence-electron chi connectivity index (χ1n) is 11.1. The summed E-state index contributed by atoms with van der Waals surface area (Å²) >= 11 is 0. The maximum atomic E-state index is 6.22. The van der Waals surface area contributed by atoms with E-state index in [1.807, 2.05) is 7.05 Å². The second-order valence-corrected chi connectivity index (χ2v) is 8.58. The molecule has 0 bridgehead atoms. The molecular weight excluding hydrogens is 491 g/mol. The van der Waals surface area contributed by atoms with Crippen LogP contribution in [0.25, 0.3) is 0 Å². The number of guanidine groups is 1. The van der Waals surface area contributed by atoms with Gasteiger partial charge >= 0.3 is 0 Å². The van der Waals surface area contributed by atoms with E-state index < -0.39 is 0 Å². The van der Waals surface area contributed by atoms with Crippen LogP contribution in [-0.4, -0.2) is 62.9 Å². The standard InChI is InChI=1S/C23H38N4O2.HI/c1-17(2)21(27-10-5-6-11-27)15-26-23(24-4)25-14-19-8-7-18(3)13-22(19)29-20-9-12-28-16-20;/h7-8,13,17,20-21H,5-6,9-12,14-16H2,1-4H3,(H2,24,25,26);1H. The normalized spacial score (nSPS) is 20.8. The number of hydrogen-bond acceptors (Lipinski definition) is 4. The Morgan fingerprint density at radius 3 is 2.67 bits per heavy atom. The van der Waals surface area contributed by atoms with E-state index in [1.165, 1.54) is 31.5 Å². The molecule has 0 aliphatic carbocycles. The molecule has 0 radical (unpaired) electrons. The van der Waals surface area contributed by atoms with Crippen molar-refractivity contribution in [1.29, 1.82) is 0 Å². The van der Waals surface area contributed by atoms with Crippen LogP contribution in [0, 0.1) is 12.8 Å². The largest absolute Gasteiger partial charge is 0.488 e. The van der Waals surface area contributed by atoms with E-state index in [2.05, 4.69) is 59.5 Å². The van der Waals surface area contributed by atoms with Crippen molar-refractivity contribution in [2.75, 3.05) is 39.9 Å². The molecule has 1 aromatic rings. The van der Waals surface area contributed by atoms with Crippen molar-refractivity contribution in [3.8, 4) is 5.75 Å². The predicted molar refractivity (Wildman–Crippen MR) is 134 cm³/mol. The van der Waals surface area contributed by atoms with Gasteiger partial charge in [0.15, 0.2) is 5.96 Å². The van der Waals surface area contributed by atoms with Crippen molar-refractivity contribution in [1.82, 2.24) is 15.5 Å². The van der Waals surface area contributed by atoms with Gasteiger partial charge in [-0.3, -0.25) is 9.89 Å². The molecule has 3 rings (SSSR count). The third-order valence-electron chi connectivity index (χ3n) is 5.93. The Balaban J connectivity index is 0.00000320. The van der Waals surface area contributed by atoms with Crippen molar-refractivity contribution in [3.05, 3.63) is 29.3 Å². The summed E-state index contributed by atoms with van der Waals surface area (Å²) in [6.45, 7) is 12.2. The van der Waals surface area contributed by atoms with Crippen LogP contribution in [0.15, 0.2) is 23.2 Å². The van der Waals surface area contributed by atoms with E-state index in [-0.39, 0.29) is 30.1 Å². The van der Waals surface area contributed by atoms with Crippen LogP contribution in [0.3, 0.4) is 0 Å². The van der Waals surface area contributed by atoms with Gasteiger partial charge in [-0.05, 0) is 50.4 Å². The third-order valence-corrected chi connectivity index (χ3v) is 5.93. The SMILES string of the molecule is CN=C(NCc1ccc(C)cc1OC1CCOC1)NCC(C(C)C)N1CCCC1.I. The highest BCUT2D eigenvalue weighted by molar-refractivity contribution is 14.0. The van der Waals surface area contributed by atoms with Crippen LogP contribution in [0.5, 0.6) is 5.75 Å². The average molecular weight is 530 g/mol. The fourth-order valence-electron chi connectivity index (χ4n) is 4.16. The number of ether oxygens (including phenoxy) is 2. The van der Waals surface area contributed by atoms with E-state index >= 15 is 0 Å². The molecular formula is C23H39IN4O2. The van der Waals surface area contributed by atoms with Gasteiger partial charge in [0.05, 0.1) is 13.2 Å². The summed E-state index contributed by atoms with van der Waals surface area (Å²) in [5, 5.41) is 7.00. The topological polar surface area (TPSA) is 58.1 Å². The van der Waals surface area contributed by atoms with Gasteiger partial charge < -0.3 is 20.1 Å². The van der Waals surface area contributed by atoms with Gasteiger partial charge in [0.2, 0.25) is 0 Å². The first-order valence-corrected chi connectivity index (χ1v) is 11.1. The Labute approximate surface area is 199 Å². The molecule has 170 valence electrons. The lowest BCUT2D eigenvalue weighted by molar-refractivity contribution is 0.140. The second-order valence-electron chi connectivity index (χ2n) is 8.58. The first-order chi connectivity index (χ1) is 14.1. The molecule has 6 nitrogen and oxygen atoms in total. The minimum atomic E-state index is 0. The molecule has 2 unspecified atom stereocenters. The summed E-state index contributed by atoms with van der Waals surface area (Å²) in [6, 6.07) is 6.93. The van der Waals surface area contributed by atoms with Crippen LogP contribution in [0.1, 0.15) is 44.2 Å². The van der Waals surface area contributed by atoms with Crippen molar-refractivity contribution in [2.45, 2.75) is 58.7 Å². The van der Waals surface area contributed by atoms with Crippen LogP contribution in [-0.2, 0) is 11.3 Å². The summed E-state index contributed by atoms with van der Waals surface area (Å²) in [6.07, 6.45) is 3.74. The number of nitrogens with zero attached hydrogens (tertiary/aromatic N) is 2. The number of halogens is 1. The number of benzene rings is 1. The quantitative estimate of drug-likeness (QED) is 0.306. The van der Waals surface area contributed by atoms with Crippen LogP contribution >= 0.6 is 24.0 Å². The van der Waals surface area contributed by atoms with Gasteiger partial charge in [-0.15, -0.1) is 24.0 Å². The van der Waals surface area contributed by atoms with Gasteiger partial charge in [0, 0.05) is 38.2 Å². The number of aliphatic imine (C=N–C) groups is 1. The molecule has 0 aromatic heterocycles. The smallest absolute Gasteiger partial charge is 0.191 e. The molecule has 1 aromatic carbocycles. The molecule has 7 heteroatoms. The summed E-state index contributed by atoms with van der Waals surface area (Å²) in [4.78, 5) is 7.04. The van der Waals surface area contributed by atoms with E-state index in [1.54, 1.807) is 0 Å². The lowest BCUT2D eigenvalue weighted by atomic mass is 10.0. The van der Waals surface area contributed by atoms with E-state index in [4.69, 9.17) is 9.47 Å². The van der Waals surface area contributed by atoms with E-state index in [0.717, 1.165) is 36.8 Å². The lowest BCUT2D eigenvalue weighted by Crippen LogP contribution is -2.48. The summed E-state index contributed by atoms with van der Waals surface area (Å²) in [5.41, 5.74) is 2.35. The molecule has 2 aliphatic heterocycles. The predicted octanol–water partition coefficient (Wildman–Crippen LogP) is 3.57. The Morgan fingerprint density at radius 1 is 1.27 bits per heavy atom. The molecule has 0 amide bonds. The minimum Gasteiger partial charge on any atom is -0.488 e. The molecule has 0 saturated carbocycles. The van der Waals surface area contributed by atoms with E-state index in [9.17, 15) is 0 Å². The monoisotopic (exact) mass is 530 g/mol. The van der Waals surface area contributed by atoms with Crippen LogP contribution in [0.4, 0.5) is 0 Å². The zero-order valence-corrected chi connectivity index (χ0v) is 21.3. The Kier molecular flexibility index (Phi) is 10.7. The minimum absolute atomic E-state index is 0.